The largest absolute Gasteiger partial charge is 0.326 e. The smallest absolute Gasteiger partial charge is 0.313 e. The number of carbonyl (C=O) groups is 1. The summed E-state index contributed by atoms with van der Waals surface area (Å²) in [5, 5.41) is 10.8. The van der Waals surface area contributed by atoms with Gasteiger partial charge in [-0.05, 0) is 23.1 Å². The van der Waals surface area contributed by atoms with Crippen LogP contribution in [0.3, 0.4) is 0 Å². The van der Waals surface area contributed by atoms with E-state index in [1.165, 1.54) is 11.6 Å². The fourth-order valence-electron chi connectivity index (χ4n) is 1.21. The molecule has 0 saturated heterocycles. The second kappa shape index (κ2) is 4.14. The molecule has 1 aromatic carbocycles. The molecule has 0 fully saturated rings. The van der Waals surface area contributed by atoms with E-state index in [0.717, 1.165) is 0 Å². The molecule has 0 bridgehead atoms. The summed E-state index contributed by atoms with van der Waals surface area (Å²) >= 11 is 0. The molecule has 1 aromatic rings. The van der Waals surface area contributed by atoms with Gasteiger partial charge in [-0.3, -0.25) is 4.79 Å². The summed E-state index contributed by atoms with van der Waals surface area (Å²) in [5.74, 6) is -0.640. The highest BCUT2D eigenvalue weighted by Gasteiger charge is 2.12. The summed E-state index contributed by atoms with van der Waals surface area (Å²) in [4.78, 5) is 10.8. The van der Waals surface area contributed by atoms with Crippen molar-refractivity contribution >= 4 is 11.6 Å². The van der Waals surface area contributed by atoms with E-state index >= 15 is 0 Å². The van der Waals surface area contributed by atoms with Crippen molar-refractivity contribution in [1.82, 2.24) is 0 Å². The number of nitrogens with one attached hydrogen (secondary N) is 1. The van der Waals surface area contributed by atoms with Crippen LogP contribution in [0.2, 0.25) is 0 Å². The van der Waals surface area contributed by atoms with Crippen LogP contribution in [0.15, 0.2) is 24.3 Å². The van der Waals surface area contributed by atoms with Crippen molar-refractivity contribution in [2.45, 2.75) is 26.2 Å². The van der Waals surface area contributed by atoms with Crippen LogP contribution in [-0.4, -0.2) is 5.91 Å². The third kappa shape index (κ3) is 3.10. The van der Waals surface area contributed by atoms with E-state index in [2.05, 4.69) is 26.1 Å². The first-order valence-electron chi connectivity index (χ1n) is 4.75. The summed E-state index contributed by atoms with van der Waals surface area (Å²) in [7, 11) is 0. The van der Waals surface area contributed by atoms with Crippen LogP contribution >= 0.6 is 0 Å². The molecule has 0 atom stereocenters. The van der Waals surface area contributed by atoms with Crippen LogP contribution in [0.25, 0.3) is 0 Å². The molecule has 0 aliphatic heterocycles. The van der Waals surface area contributed by atoms with E-state index in [1.54, 1.807) is 12.1 Å². The highest BCUT2D eigenvalue weighted by Crippen LogP contribution is 2.23. The maximum Gasteiger partial charge on any atom is 0.326 e. The molecule has 0 unspecified atom stereocenters. The average Bonchev–Trinajstić information content (AvgIpc) is 2.17. The lowest BCUT2D eigenvalue weighted by Gasteiger charge is -2.19. The predicted octanol–water partition coefficient (Wildman–Crippen LogP) is 2.45. The molecule has 1 rings (SSSR count). The number of amides is 1. The van der Waals surface area contributed by atoms with Crippen LogP contribution in [-0.2, 0) is 10.2 Å². The van der Waals surface area contributed by atoms with Gasteiger partial charge in [0.15, 0.2) is 6.07 Å². The van der Waals surface area contributed by atoms with Crippen molar-refractivity contribution in [3.63, 3.8) is 0 Å². The second-order valence-corrected chi connectivity index (χ2v) is 4.39. The van der Waals surface area contributed by atoms with Gasteiger partial charge < -0.3 is 5.32 Å². The van der Waals surface area contributed by atoms with Gasteiger partial charge in [0, 0.05) is 5.69 Å². The minimum Gasteiger partial charge on any atom is -0.313 e. The molecule has 3 nitrogen and oxygen atoms in total. The monoisotopic (exact) mass is 202 g/mol. The Labute approximate surface area is 89.7 Å². The molecule has 1 N–H and O–H groups in total. The van der Waals surface area contributed by atoms with Gasteiger partial charge in [-0.15, -0.1) is 0 Å². The summed E-state index contributed by atoms with van der Waals surface area (Å²) in [6.07, 6.45) is 0. The lowest BCUT2D eigenvalue weighted by Crippen LogP contribution is -2.12. The summed E-state index contributed by atoms with van der Waals surface area (Å²) in [5.41, 5.74) is 1.93. The molecule has 0 saturated carbocycles. The number of hydrogen-bond acceptors (Lipinski definition) is 2. The number of rotatable bonds is 1. The fraction of sp³-hybridized carbons (Fsp3) is 0.333. The molecular formula is C12H14N2O. The van der Waals surface area contributed by atoms with E-state index in [1.807, 2.05) is 12.1 Å². The van der Waals surface area contributed by atoms with Gasteiger partial charge in [0.25, 0.3) is 0 Å². The topological polar surface area (TPSA) is 52.9 Å². The average molecular weight is 202 g/mol. The molecule has 15 heavy (non-hydrogen) atoms. The SMILES string of the molecule is CC(C)(C)c1ccc(NC(=O)C#N)cc1. The summed E-state index contributed by atoms with van der Waals surface area (Å²) < 4.78 is 0. The molecule has 0 heterocycles. The first-order valence-corrected chi connectivity index (χ1v) is 4.75. The molecule has 0 aliphatic rings. The van der Waals surface area contributed by atoms with Crippen LogP contribution in [0.4, 0.5) is 5.69 Å². The summed E-state index contributed by atoms with van der Waals surface area (Å²) in [6, 6.07) is 9.01. The Hall–Kier alpha value is -1.82. The Kier molecular flexibility index (Phi) is 3.11. The number of nitrogens with zero attached hydrogens (tertiary/aromatic N) is 1. The Morgan fingerprint density at radius 3 is 2.20 bits per heavy atom. The van der Waals surface area contributed by atoms with Crippen molar-refractivity contribution in [3.05, 3.63) is 29.8 Å². The standard InChI is InChI=1S/C12H14N2O/c1-12(2,3)9-4-6-10(7-5-9)14-11(15)8-13/h4-7H,1-3H3,(H,14,15). The molecule has 0 radical (unpaired) electrons. The lowest BCUT2D eigenvalue weighted by molar-refractivity contribution is -0.111. The number of carbonyl (C=O) groups excluding carboxylic acids is 1. The third-order valence-electron chi connectivity index (χ3n) is 2.11. The maximum absolute atomic E-state index is 10.8. The quantitative estimate of drug-likeness (QED) is 0.711. The van der Waals surface area contributed by atoms with Crippen LogP contribution in [0, 0.1) is 11.3 Å². The van der Waals surface area contributed by atoms with Crippen LogP contribution in [0.1, 0.15) is 26.3 Å². The number of nitriles is 1. The minimum atomic E-state index is -0.640. The molecule has 0 aromatic heterocycles. The van der Waals surface area contributed by atoms with Gasteiger partial charge >= 0.3 is 5.91 Å². The van der Waals surface area contributed by atoms with E-state index in [4.69, 9.17) is 5.26 Å². The highest BCUT2D eigenvalue weighted by atomic mass is 16.1. The van der Waals surface area contributed by atoms with E-state index in [-0.39, 0.29) is 5.41 Å². The Morgan fingerprint density at radius 2 is 1.80 bits per heavy atom. The summed E-state index contributed by atoms with van der Waals surface area (Å²) in [6.45, 7) is 6.36. The van der Waals surface area contributed by atoms with Crippen LogP contribution < -0.4 is 5.32 Å². The van der Waals surface area contributed by atoms with Crippen molar-refractivity contribution in [3.8, 4) is 6.07 Å². The van der Waals surface area contributed by atoms with E-state index in [9.17, 15) is 4.79 Å². The zero-order chi connectivity index (χ0) is 11.5. The van der Waals surface area contributed by atoms with E-state index < -0.39 is 5.91 Å². The molecule has 0 aliphatic carbocycles. The zero-order valence-electron chi connectivity index (χ0n) is 9.16. The van der Waals surface area contributed by atoms with Crippen LogP contribution in [0.5, 0.6) is 0 Å². The van der Waals surface area contributed by atoms with Crippen molar-refractivity contribution in [2.24, 2.45) is 0 Å². The number of benzene rings is 1. The van der Waals surface area contributed by atoms with Crippen molar-refractivity contribution < 1.29 is 4.79 Å². The third-order valence-corrected chi connectivity index (χ3v) is 2.11. The van der Waals surface area contributed by atoms with Gasteiger partial charge in [-0.25, -0.2) is 0 Å². The van der Waals surface area contributed by atoms with Gasteiger partial charge in [-0.1, -0.05) is 32.9 Å². The lowest BCUT2D eigenvalue weighted by atomic mass is 9.87. The Bertz CT molecular complexity index is 393. The first kappa shape index (κ1) is 11.3. The molecular weight excluding hydrogens is 188 g/mol. The minimum absolute atomic E-state index is 0.0950. The van der Waals surface area contributed by atoms with E-state index in [0.29, 0.717) is 5.69 Å². The Morgan fingerprint density at radius 1 is 1.27 bits per heavy atom. The van der Waals surface area contributed by atoms with Gasteiger partial charge in [0.05, 0.1) is 0 Å². The highest BCUT2D eigenvalue weighted by molar-refractivity contribution is 6.02. The van der Waals surface area contributed by atoms with Crippen molar-refractivity contribution in [2.75, 3.05) is 5.32 Å². The second-order valence-electron chi connectivity index (χ2n) is 4.39. The predicted molar refractivity (Wildman–Crippen MR) is 59.4 cm³/mol. The van der Waals surface area contributed by atoms with Gasteiger partial charge in [0.1, 0.15) is 0 Å². The van der Waals surface area contributed by atoms with Gasteiger partial charge in [0.2, 0.25) is 0 Å². The molecule has 78 valence electrons. The van der Waals surface area contributed by atoms with Gasteiger partial charge in [-0.2, -0.15) is 5.26 Å². The maximum atomic E-state index is 10.8. The molecule has 0 spiro atoms. The molecule has 1 amide bonds. The normalized spacial score (nSPS) is 10.5. The first-order chi connectivity index (χ1) is 6.93. The number of anilines is 1. The number of hydrogen-bond donors (Lipinski definition) is 1. The molecule has 3 heteroatoms. The van der Waals surface area contributed by atoms with Crippen molar-refractivity contribution in [1.29, 1.82) is 5.26 Å². The fourth-order valence-corrected chi connectivity index (χ4v) is 1.21. The Balaban J connectivity index is 2.83. The zero-order valence-corrected chi connectivity index (χ0v) is 9.16.